The summed E-state index contributed by atoms with van der Waals surface area (Å²) in [4.78, 5) is 11.7. The fraction of sp³-hybridized carbons (Fsp3) is 0.462. The number of aliphatic hydroxyl groups excluding tert-OH is 1. The highest BCUT2D eigenvalue weighted by molar-refractivity contribution is 5.94. The Morgan fingerprint density at radius 2 is 2.21 bits per heavy atom. The van der Waals surface area contributed by atoms with E-state index in [1.54, 1.807) is 18.2 Å². The SMILES string of the molecule is CCCOc1cccc(C(=O)NCC(O)C(F)F)c1. The van der Waals surface area contributed by atoms with Crippen molar-refractivity contribution in [1.82, 2.24) is 5.32 Å². The third kappa shape index (κ3) is 5.21. The van der Waals surface area contributed by atoms with E-state index in [9.17, 15) is 13.6 Å². The van der Waals surface area contributed by atoms with Crippen molar-refractivity contribution in [3.8, 4) is 5.75 Å². The smallest absolute Gasteiger partial charge is 0.265 e. The van der Waals surface area contributed by atoms with Crippen molar-refractivity contribution in [2.75, 3.05) is 13.2 Å². The second-order valence-electron chi connectivity index (χ2n) is 3.99. The number of aliphatic hydroxyl groups is 1. The summed E-state index contributed by atoms with van der Waals surface area (Å²) >= 11 is 0. The highest BCUT2D eigenvalue weighted by atomic mass is 19.3. The molecular weight excluding hydrogens is 256 g/mol. The van der Waals surface area contributed by atoms with Gasteiger partial charge < -0.3 is 15.2 Å². The van der Waals surface area contributed by atoms with Gasteiger partial charge in [-0.1, -0.05) is 13.0 Å². The van der Waals surface area contributed by atoms with Crippen LogP contribution in [0.1, 0.15) is 23.7 Å². The number of ether oxygens (including phenoxy) is 1. The van der Waals surface area contributed by atoms with Crippen LogP contribution in [0.3, 0.4) is 0 Å². The van der Waals surface area contributed by atoms with E-state index in [4.69, 9.17) is 9.84 Å². The van der Waals surface area contributed by atoms with E-state index in [1.165, 1.54) is 6.07 Å². The van der Waals surface area contributed by atoms with Crippen LogP contribution < -0.4 is 10.1 Å². The van der Waals surface area contributed by atoms with Gasteiger partial charge in [-0.05, 0) is 24.6 Å². The molecule has 1 unspecified atom stereocenters. The highest BCUT2D eigenvalue weighted by Crippen LogP contribution is 2.13. The Morgan fingerprint density at radius 3 is 2.84 bits per heavy atom. The number of carbonyl (C=O) groups excluding carboxylic acids is 1. The number of nitrogens with one attached hydrogen (secondary N) is 1. The van der Waals surface area contributed by atoms with E-state index in [1.807, 2.05) is 6.92 Å². The number of rotatable bonds is 7. The molecule has 0 fully saturated rings. The van der Waals surface area contributed by atoms with E-state index in [0.717, 1.165) is 6.42 Å². The van der Waals surface area contributed by atoms with Crippen LogP contribution in [0, 0.1) is 0 Å². The summed E-state index contributed by atoms with van der Waals surface area (Å²) < 4.78 is 29.5. The van der Waals surface area contributed by atoms with Gasteiger partial charge in [0.1, 0.15) is 11.9 Å². The van der Waals surface area contributed by atoms with Gasteiger partial charge in [0, 0.05) is 12.1 Å². The summed E-state index contributed by atoms with van der Waals surface area (Å²) in [6.45, 7) is 2.01. The number of hydrogen-bond acceptors (Lipinski definition) is 3. The zero-order valence-corrected chi connectivity index (χ0v) is 10.6. The molecule has 0 saturated carbocycles. The Morgan fingerprint density at radius 1 is 1.47 bits per heavy atom. The normalized spacial score (nSPS) is 12.3. The molecule has 0 heterocycles. The molecule has 0 bridgehead atoms. The third-order valence-corrected chi connectivity index (χ3v) is 2.33. The van der Waals surface area contributed by atoms with Gasteiger partial charge in [0.05, 0.1) is 6.61 Å². The fourth-order valence-corrected chi connectivity index (χ4v) is 1.34. The highest BCUT2D eigenvalue weighted by Gasteiger charge is 2.17. The lowest BCUT2D eigenvalue weighted by Crippen LogP contribution is -2.35. The number of alkyl halides is 2. The Bertz CT molecular complexity index is 413. The number of hydrogen-bond donors (Lipinski definition) is 2. The molecule has 1 rings (SSSR count). The van der Waals surface area contributed by atoms with Crippen molar-refractivity contribution in [1.29, 1.82) is 0 Å². The monoisotopic (exact) mass is 273 g/mol. The van der Waals surface area contributed by atoms with E-state index < -0.39 is 25.0 Å². The van der Waals surface area contributed by atoms with Crippen LogP contribution in [0.25, 0.3) is 0 Å². The van der Waals surface area contributed by atoms with E-state index in [0.29, 0.717) is 17.9 Å². The lowest BCUT2D eigenvalue weighted by molar-refractivity contribution is -0.00270. The van der Waals surface area contributed by atoms with Gasteiger partial charge in [0.2, 0.25) is 0 Å². The quantitative estimate of drug-likeness (QED) is 0.797. The van der Waals surface area contributed by atoms with Crippen LogP contribution in [0.15, 0.2) is 24.3 Å². The van der Waals surface area contributed by atoms with Crippen molar-refractivity contribution in [2.45, 2.75) is 25.9 Å². The second kappa shape index (κ2) is 7.68. The summed E-state index contributed by atoms with van der Waals surface area (Å²) in [5.74, 6) is 0.0190. The summed E-state index contributed by atoms with van der Waals surface area (Å²) in [6.07, 6.45) is -3.89. The molecule has 0 radical (unpaired) electrons. The maximum absolute atomic E-state index is 12.1. The van der Waals surface area contributed by atoms with Crippen molar-refractivity contribution in [3.63, 3.8) is 0 Å². The van der Waals surface area contributed by atoms with Crippen molar-refractivity contribution in [3.05, 3.63) is 29.8 Å². The lowest BCUT2D eigenvalue weighted by atomic mass is 10.2. The number of benzene rings is 1. The van der Waals surface area contributed by atoms with E-state index in [-0.39, 0.29) is 0 Å². The predicted molar refractivity (Wildman–Crippen MR) is 66.6 cm³/mol. The molecule has 0 aliphatic heterocycles. The van der Waals surface area contributed by atoms with Gasteiger partial charge in [0.25, 0.3) is 12.3 Å². The standard InChI is InChI=1S/C13H17F2NO3/c1-2-6-19-10-5-3-4-9(7-10)13(18)16-8-11(17)12(14)15/h3-5,7,11-12,17H,2,6,8H2,1H3,(H,16,18). The van der Waals surface area contributed by atoms with Crippen LogP contribution in [0.5, 0.6) is 5.75 Å². The Kier molecular flexibility index (Phi) is 6.21. The summed E-state index contributed by atoms with van der Waals surface area (Å²) in [5.41, 5.74) is 0.301. The van der Waals surface area contributed by atoms with Crippen LogP contribution >= 0.6 is 0 Å². The molecule has 2 N–H and O–H groups in total. The maximum atomic E-state index is 12.1. The molecule has 6 heteroatoms. The molecule has 0 saturated heterocycles. The molecule has 1 aromatic rings. The van der Waals surface area contributed by atoms with Crippen LogP contribution in [-0.4, -0.2) is 36.7 Å². The number of amides is 1. The number of carbonyl (C=O) groups is 1. The molecule has 106 valence electrons. The van der Waals surface area contributed by atoms with Gasteiger partial charge in [-0.25, -0.2) is 8.78 Å². The minimum absolute atomic E-state index is 0.301. The van der Waals surface area contributed by atoms with Gasteiger partial charge in [0.15, 0.2) is 0 Å². The third-order valence-electron chi connectivity index (χ3n) is 2.33. The predicted octanol–water partition coefficient (Wildman–Crippen LogP) is 1.83. The van der Waals surface area contributed by atoms with Crippen LogP contribution in [0.2, 0.25) is 0 Å². The zero-order valence-electron chi connectivity index (χ0n) is 10.6. The first-order valence-electron chi connectivity index (χ1n) is 6.02. The molecule has 1 amide bonds. The molecule has 0 aliphatic carbocycles. The zero-order chi connectivity index (χ0) is 14.3. The van der Waals surface area contributed by atoms with Gasteiger partial charge in [-0.3, -0.25) is 4.79 Å². The van der Waals surface area contributed by atoms with Crippen LogP contribution in [-0.2, 0) is 0 Å². The first-order chi connectivity index (χ1) is 9.04. The first kappa shape index (κ1) is 15.4. The lowest BCUT2D eigenvalue weighted by Gasteiger charge is -2.11. The van der Waals surface area contributed by atoms with Crippen molar-refractivity contribution < 1.29 is 23.4 Å². The van der Waals surface area contributed by atoms with E-state index >= 15 is 0 Å². The molecule has 1 atom stereocenters. The average molecular weight is 273 g/mol. The average Bonchev–Trinajstić information content (AvgIpc) is 2.42. The van der Waals surface area contributed by atoms with Gasteiger partial charge >= 0.3 is 0 Å². The van der Waals surface area contributed by atoms with Gasteiger partial charge in [-0.15, -0.1) is 0 Å². The summed E-state index contributed by atoms with van der Waals surface area (Å²) in [5, 5.41) is 11.1. The topological polar surface area (TPSA) is 58.6 Å². The molecule has 4 nitrogen and oxygen atoms in total. The minimum atomic E-state index is -2.88. The summed E-state index contributed by atoms with van der Waals surface area (Å²) in [6, 6.07) is 6.42. The second-order valence-corrected chi connectivity index (χ2v) is 3.99. The molecule has 0 spiro atoms. The van der Waals surface area contributed by atoms with Gasteiger partial charge in [-0.2, -0.15) is 0 Å². The number of halogens is 2. The Labute approximate surface area is 110 Å². The summed E-state index contributed by atoms with van der Waals surface area (Å²) in [7, 11) is 0. The minimum Gasteiger partial charge on any atom is -0.494 e. The maximum Gasteiger partial charge on any atom is 0.265 e. The molecule has 0 aliphatic rings. The van der Waals surface area contributed by atoms with Crippen molar-refractivity contribution >= 4 is 5.91 Å². The van der Waals surface area contributed by atoms with E-state index in [2.05, 4.69) is 5.32 Å². The fourth-order valence-electron chi connectivity index (χ4n) is 1.34. The van der Waals surface area contributed by atoms with Crippen LogP contribution in [0.4, 0.5) is 8.78 Å². The molecule has 1 aromatic carbocycles. The largest absolute Gasteiger partial charge is 0.494 e. The first-order valence-corrected chi connectivity index (χ1v) is 6.02. The Balaban J connectivity index is 2.56. The molecular formula is C13H17F2NO3. The van der Waals surface area contributed by atoms with Crippen molar-refractivity contribution in [2.24, 2.45) is 0 Å². The molecule has 0 aromatic heterocycles. The molecule has 19 heavy (non-hydrogen) atoms. The Hall–Kier alpha value is -1.69.